The monoisotopic (exact) mass is 208 g/mol. The first kappa shape index (κ1) is 10.6. The van der Waals surface area contributed by atoms with Gasteiger partial charge in [0.15, 0.2) is 0 Å². The summed E-state index contributed by atoms with van der Waals surface area (Å²) in [6, 6.07) is 0. The molecule has 0 amide bonds. The number of nitrogens with one attached hydrogen (secondary N) is 1. The highest BCUT2D eigenvalue weighted by atomic mass is 15.5. The van der Waals surface area contributed by atoms with Crippen molar-refractivity contribution in [3.8, 4) is 0 Å². The van der Waals surface area contributed by atoms with Gasteiger partial charge in [0.2, 0.25) is 0 Å². The van der Waals surface area contributed by atoms with Gasteiger partial charge in [0.1, 0.15) is 0 Å². The van der Waals surface area contributed by atoms with Crippen molar-refractivity contribution < 1.29 is 0 Å². The van der Waals surface area contributed by atoms with Crippen molar-refractivity contribution in [2.24, 2.45) is 0 Å². The molecule has 0 aliphatic carbocycles. The zero-order valence-electron chi connectivity index (χ0n) is 9.45. The van der Waals surface area contributed by atoms with E-state index in [9.17, 15) is 0 Å². The molecule has 2 rings (SSSR count). The minimum absolute atomic E-state index is 0.897. The first-order chi connectivity index (χ1) is 7.40. The predicted octanol–water partition coefficient (Wildman–Crippen LogP) is 1.39. The lowest BCUT2D eigenvalue weighted by atomic mass is 10.2. The van der Waals surface area contributed by atoms with Crippen LogP contribution in [-0.2, 0) is 13.1 Å². The van der Waals surface area contributed by atoms with Crippen LogP contribution in [0.5, 0.6) is 0 Å². The van der Waals surface area contributed by atoms with Crippen molar-refractivity contribution in [1.29, 1.82) is 0 Å². The molecule has 0 atom stereocenters. The highest BCUT2D eigenvalue weighted by molar-refractivity contribution is 4.97. The molecular weight excluding hydrogens is 188 g/mol. The van der Waals surface area contributed by atoms with Crippen molar-refractivity contribution in [3.05, 3.63) is 18.2 Å². The van der Waals surface area contributed by atoms with Gasteiger partial charge in [-0.2, -0.15) is 0 Å². The summed E-state index contributed by atoms with van der Waals surface area (Å²) in [5, 5.41) is 2.33. The summed E-state index contributed by atoms with van der Waals surface area (Å²) in [7, 11) is 0. The third-order valence-corrected chi connectivity index (χ3v) is 2.98. The number of hydrogen-bond acceptors (Lipinski definition) is 3. The highest BCUT2D eigenvalue weighted by Gasteiger charge is 2.09. The smallest absolute Gasteiger partial charge is 0.0948 e. The van der Waals surface area contributed by atoms with Crippen molar-refractivity contribution in [2.45, 2.75) is 39.3 Å². The fourth-order valence-electron chi connectivity index (χ4n) is 2.02. The van der Waals surface area contributed by atoms with E-state index >= 15 is 0 Å². The Labute approximate surface area is 91.3 Å². The molecule has 1 aliphatic rings. The number of rotatable bonds is 4. The molecule has 4 nitrogen and oxygen atoms in total. The lowest BCUT2D eigenvalue weighted by Crippen LogP contribution is -2.41. The number of nitrogens with zero attached hydrogens (tertiary/aromatic N) is 3. The summed E-state index contributed by atoms with van der Waals surface area (Å²) in [5.74, 6) is 0. The molecule has 15 heavy (non-hydrogen) atoms. The van der Waals surface area contributed by atoms with Crippen molar-refractivity contribution in [3.63, 3.8) is 0 Å². The summed E-state index contributed by atoms with van der Waals surface area (Å²) >= 11 is 0. The molecule has 0 bridgehead atoms. The summed E-state index contributed by atoms with van der Waals surface area (Å²) in [6.07, 6.45) is 7.86. The van der Waals surface area contributed by atoms with Crippen LogP contribution in [0, 0.1) is 0 Å². The summed E-state index contributed by atoms with van der Waals surface area (Å²) in [6.45, 7) is 6.40. The first-order valence-corrected chi connectivity index (χ1v) is 5.87. The molecule has 1 N–H and O–H groups in total. The number of imidazole rings is 1. The summed E-state index contributed by atoms with van der Waals surface area (Å²) < 4.78 is 2.18. The Morgan fingerprint density at radius 2 is 2.13 bits per heavy atom. The molecule has 0 radical (unpaired) electrons. The second kappa shape index (κ2) is 5.28. The van der Waals surface area contributed by atoms with Crippen molar-refractivity contribution >= 4 is 0 Å². The van der Waals surface area contributed by atoms with Gasteiger partial charge in [-0.1, -0.05) is 6.42 Å². The summed E-state index contributed by atoms with van der Waals surface area (Å²) in [5.41, 5.74) is 4.74. The van der Waals surface area contributed by atoms with Crippen LogP contribution in [0.15, 0.2) is 12.5 Å². The highest BCUT2D eigenvalue weighted by Crippen LogP contribution is 2.07. The van der Waals surface area contributed by atoms with Gasteiger partial charge >= 0.3 is 0 Å². The topological polar surface area (TPSA) is 33.1 Å². The zero-order valence-corrected chi connectivity index (χ0v) is 9.45. The molecule has 0 unspecified atom stereocenters. The third kappa shape index (κ3) is 2.79. The molecule has 1 aromatic heterocycles. The van der Waals surface area contributed by atoms with Crippen molar-refractivity contribution in [2.75, 3.05) is 13.1 Å². The zero-order chi connectivity index (χ0) is 10.5. The average molecular weight is 208 g/mol. The Balaban J connectivity index is 1.81. The van der Waals surface area contributed by atoms with Crippen LogP contribution in [0.1, 0.15) is 31.9 Å². The molecule has 2 heterocycles. The average Bonchev–Trinajstić information content (AvgIpc) is 2.75. The van der Waals surface area contributed by atoms with Crippen LogP contribution in [0.4, 0.5) is 0 Å². The molecular formula is C11H20N4. The standard InChI is InChI=1S/C11H20N4/c1-2-14-10-12-8-11(14)9-13-15-6-4-3-5-7-15/h8,10,13H,2-7,9H2,1H3. The largest absolute Gasteiger partial charge is 0.334 e. The third-order valence-electron chi connectivity index (χ3n) is 2.98. The molecule has 1 aliphatic heterocycles. The molecule has 4 heteroatoms. The van der Waals surface area contributed by atoms with E-state index in [0.717, 1.165) is 13.1 Å². The lowest BCUT2D eigenvalue weighted by Gasteiger charge is -2.27. The van der Waals surface area contributed by atoms with Gasteiger partial charge < -0.3 is 4.57 Å². The van der Waals surface area contributed by atoms with E-state index < -0.39 is 0 Å². The summed E-state index contributed by atoms with van der Waals surface area (Å²) in [4.78, 5) is 4.16. The second-order valence-corrected chi connectivity index (χ2v) is 4.05. The molecule has 1 aromatic rings. The lowest BCUT2D eigenvalue weighted by molar-refractivity contribution is 0.149. The maximum atomic E-state index is 4.16. The van der Waals surface area contributed by atoms with Gasteiger partial charge in [0, 0.05) is 25.8 Å². The van der Waals surface area contributed by atoms with Gasteiger partial charge in [-0.3, -0.25) is 0 Å². The van der Waals surface area contributed by atoms with Crippen LogP contribution in [0.3, 0.4) is 0 Å². The van der Waals surface area contributed by atoms with Gasteiger partial charge in [-0.15, -0.1) is 0 Å². The molecule has 0 aromatic carbocycles. The Bertz CT molecular complexity index is 289. The molecule has 1 saturated heterocycles. The van der Waals surface area contributed by atoms with Gasteiger partial charge in [0.25, 0.3) is 0 Å². The molecule has 84 valence electrons. The molecule has 0 saturated carbocycles. The molecule has 0 spiro atoms. The van der Waals surface area contributed by atoms with E-state index in [1.807, 2.05) is 12.5 Å². The van der Waals surface area contributed by atoms with E-state index in [1.54, 1.807) is 0 Å². The first-order valence-electron chi connectivity index (χ1n) is 5.87. The quantitative estimate of drug-likeness (QED) is 0.812. The van der Waals surface area contributed by atoms with Crippen LogP contribution in [-0.4, -0.2) is 27.6 Å². The Kier molecular flexibility index (Phi) is 3.75. The maximum absolute atomic E-state index is 4.16. The van der Waals surface area contributed by atoms with Crippen LogP contribution in [0.25, 0.3) is 0 Å². The number of aryl methyl sites for hydroxylation is 1. The minimum Gasteiger partial charge on any atom is -0.334 e. The maximum Gasteiger partial charge on any atom is 0.0948 e. The van der Waals surface area contributed by atoms with E-state index in [2.05, 4.69) is 26.9 Å². The Hall–Kier alpha value is -0.870. The van der Waals surface area contributed by atoms with Crippen LogP contribution < -0.4 is 5.43 Å². The SMILES string of the molecule is CCn1cncc1CNN1CCCCC1. The van der Waals surface area contributed by atoms with E-state index in [4.69, 9.17) is 0 Å². The number of hydrazine groups is 1. The van der Waals surface area contributed by atoms with E-state index in [-0.39, 0.29) is 0 Å². The Morgan fingerprint density at radius 1 is 1.33 bits per heavy atom. The van der Waals surface area contributed by atoms with E-state index in [0.29, 0.717) is 0 Å². The number of piperidine rings is 1. The second-order valence-electron chi connectivity index (χ2n) is 4.05. The molecule has 1 fully saturated rings. The predicted molar refractivity (Wildman–Crippen MR) is 60.2 cm³/mol. The van der Waals surface area contributed by atoms with Crippen LogP contribution >= 0.6 is 0 Å². The van der Waals surface area contributed by atoms with Gasteiger partial charge in [-0.05, 0) is 19.8 Å². The number of aromatic nitrogens is 2. The van der Waals surface area contributed by atoms with E-state index in [1.165, 1.54) is 38.0 Å². The fourth-order valence-corrected chi connectivity index (χ4v) is 2.02. The van der Waals surface area contributed by atoms with Crippen molar-refractivity contribution in [1.82, 2.24) is 20.0 Å². The normalized spacial score (nSPS) is 18.2. The van der Waals surface area contributed by atoms with Gasteiger partial charge in [0.05, 0.1) is 18.6 Å². The van der Waals surface area contributed by atoms with Crippen LogP contribution in [0.2, 0.25) is 0 Å². The number of hydrogen-bond donors (Lipinski definition) is 1. The Morgan fingerprint density at radius 3 is 2.87 bits per heavy atom. The minimum atomic E-state index is 0.897. The van der Waals surface area contributed by atoms with Gasteiger partial charge in [-0.25, -0.2) is 15.4 Å². The fraction of sp³-hybridized carbons (Fsp3) is 0.727.